The first-order valence-corrected chi connectivity index (χ1v) is 10.1. The Morgan fingerprint density at radius 3 is 2.80 bits per heavy atom. The van der Waals surface area contributed by atoms with Crippen LogP contribution in [0.15, 0.2) is 59.1 Å². The van der Waals surface area contributed by atoms with Gasteiger partial charge in [-0.1, -0.05) is 47.6 Å². The number of nitrogens with zero attached hydrogens (tertiary/aromatic N) is 2. The second kappa shape index (κ2) is 9.43. The van der Waals surface area contributed by atoms with Crippen LogP contribution in [0.2, 0.25) is 5.02 Å². The summed E-state index contributed by atoms with van der Waals surface area (Å²) >= 11 is 7.04. The molecule has 0 fully saturated rings. The van der Waals surface area contributed by atoms with E-state index in [1.807, 2.05) is 0 Å². The molecule has 0 bridgehead atoms. The van der Waals surface area contributed by atoms with E-state index in [1.54, 1.807) is 30.3 Å². The number of benzene rings is 2. The van der Waals surface area contributed by atoms with Crippen molar-refractivity contribution in [1.82, 2.24) is 5.32 Å². The first kappa shape index (κ1) is 21.4. The van der Waals surface area contributed by atoms with E-state index in [2.05, 4.69) is 16.7 Å². The first-order valence-electron chi connectivity index (χ1n) is 8.74. The van der Waals surface area contributed by atoms with Crippen molar-refractivity contribution in [2.24, 2.45) is 0 Å². The van der Waals surface area contributed by atoms with Gasteiger partial charge in [0.05, 0.1) is 38.1 Å². The number of anilines is 1. The van der Waals surface area contributed by atoms with Gasteiger partial charge in [0.1, 0.15) is 0 Å². The second-order valence-electron chi connectivity index (χ2n) is 6.33. The quantitative estimate of drug-likeness (QED) is 0.515. The van der Waals surface area contributed by atoms with Crippen LogP contribution in [0, 0.1) is 21.4 Å². The molecule has 8 nitrogen and oxygen atoms in total. The molecule has 3 rings (SSSR count). The lowest BCUT2D eigenvalue weighted by atomic mass is 9.87. The van der Waals surface area contributed by atoms with Gasteiger partial charge in [0.15, 0.2) is 0 Å². The minimum atomic E-state index is -0.627. The molecule has 2 aromatic rings. The van der Waals surface area contributed by atoms with E-state index in [0.29, 0.717) is 16.3 Å². The summed E-state index contributed by atoms with van der Waals surface area (Å²) in [5.74, 6) is -1.38. The van der Waals surface area contributed by atoms with Crippen LogP contribution in [0.4, 0.5) is 11.4 Å². The van der Waals surface area contributed by atoms with Gasteiger partial charge in [0.25, 0.3) is 5.69 Å². The molecule has 1 aliphatic heterocycles. The van der Waals surface area contributed by atoms with E-state index >= 15 is 0 Å². The van der Waals surface area contributed by atoms with Gasteiger partial charge in [0, 0.05) is 24.5 Å². The van der Waals surface area contributed by atoms with Crippen LogP contribution in [0.1, 0.15) is 17.9 Å². The number of nitriles is 1. The van der Waals surface area contributed by atoms with Crippen molar-refractivity contribution >= 4 is 46.6 Å². The van der Waals surface area contributed by atoms with Crippen molar-refractivity contribution < 1.29 is 14.5 Å². The maximum Gasteiger partial charge on any atom is 0.269 e. The fourth-order valence-corrected chi connectivity index (χ4v) is 4.02. The number of hydrogen-bond donors (Lipinski definition) is 2. The van der Waals surface area contributed by atoms with Crippen LogP contribution in [-0.4, -0.2) is 22.5 Å². The zero-order chi connectivity index (χ0) is 21.7. The Kier molecular flexibility index (Phi) is 6.72. The molecule has 0 saturated carbocycles. The third kappa shape index (κ3) is 4.97. The molecule has 1 atom stereocenters. The fourth-order valence-electron chi connectivity index (χ4n) is 2.96. The molecule has 0 radical (unpaired) electrons. The number of hydrogen-bond acceptors (Lipinski definition) is 6. The summed E-state index contributed by atoms with van der Waals surface area (Å²) in [6.45, 7) is 0. The normalized spacial score (nSPS) is 15.9. The smallest absolute Gasteiger partial charge is 0.269 e. The highest BCUT2D eigenvalue weighted by Gasteiger charge is 2.30. The third-order valence-electron chi connectivity index (χ3n) is 4.33. The summed E-state index contributed by atoms with van der Waals surface area (Å²) in [5, 5.41) is 26.7. The lowest BCUT2D eigenvalue weighted by Crippen LogP contribution is -2.31. The lowest BCUT2D eigenvalue weighted by molar-refractivity contribution is -0.384. The highest BCUT2D eigenvalue weighted by Crippen LogP contribution is 2.37. The van der Waals surface area contributed by atoms with E-state index in [-0.39, 0.29) is 40.3 Å². The molecule has 1 heterocycles. The van der Waals surface area contributed by atoms with Gasteiger partial charge in [-0.15, -0.1) is 0 Å². The monoisotopic (exact) mass is 442 g/mol. The Bertz CT molecular complexity index is 1100. The molecule has 152 valence electrons. The maximum absolute atomic E-state index is 12.3. The Morgan fingerprint density at radius 2 is 2.10 bits per heavy atom. The Morgan fingerprint density at radius 1 is 1.33 bits per heavy atom. The molecule has 10 heteroatoms. The zero-order valence-electron chi connectivity index (χ0n) is 15.4. The summed E-state index contributed by atoms with van der Waals surface area (Å²) in [6, 6.07) is 14.7. The van der Waals surface area contributed by atoms with Crippen LogP contribution < -0.4 is 10.6 Å². The van der Waals surface area contributed by atoms with Gasteiger partial charge >= 0.3 is 0 Å². The molecule has 2 amide bonds. The second-order valence-corrected chi connectivity index (χ2v) is 7.72. The number of para-hydroxylation sites is 1. The van der Waals surface area contributed by atoms with Crippen molar-refractivity contribution in [1.29, 1.82) is 5.26 Å². The highest BCUT2D eigenvalue weighted by molar-refractivity contribution is 8.03. The average molecular weight is 443 g/mol. The van der Waals surface area contributed by atoms with Gasteiger partial charge in [-0.3, -0.25) is 19.7 Å². The van der Waals surface area contributed by atoms with E-state index in [0.717, 1.165) is 11.8 Å². The van der Waals surface area contributed by atoms with Crippen molar-refractivity contribution in [2.45, 2.75) is 12.3 Å². The minimum absolute atomic E-state index is 0.0139. The summed E-state index contributed by atoms with van der Waals surface area (Å²) < 4.78 is 0. The summed E-state index contributed by atoms with van der Waals surface area (Å²) in [5.41, 5.74) is 1.09. The number of nitro benzene ring substituents is 1. The lowest BCUT2D eigenvalue weighted by Gasteiger charge is -2.24. The van der Waals surface area contributed by atoms with Gasteiger partial charge in [-0.25, -0.2) is 0 Å². The maximum atomic E-state index is 12.3. The van der Waals surface area contributed by atoms with Crippen molar-refractivity contribution in [2.75, 3.05) is 11.1 Å². The Balaban J connectivity index is 1.80. The predicted octanol–water partition coefficient (Wildman–Crippen LogP) is 3.96. The third-order valence-corrected chi connectivity index (χ3v) is 5.68. The number of carbonyl (C=O) groups is 2. The molecule has 0 spiro atoms. The van der Waals surface area contributed by atoms with Crippen LogP contribution >= 0.6 is 23.4 Å². The zero-order valence-corrected chi connectivity index (χ0v) is 17.0. The molecule has 0 aromatic heterocycles. The van der Waals surface area contributed by atoms with E-state index in [4.69, 9.17) is 11.6 Å². The SMILES string of the molecule is N#CC1=C(SCC(=O)Nc2ccccc2Cl)NC(=O)C[C@@H]1c1cccc([N+](=O)[O-])c1. The minimum Gasteiger partial charge on any atom is -0.324 e. The molecule has 0 unspecified atom stereocenters. The molecule has 2 aromatic carbocycles. The van der Waals surface area contributed by atoms with Crippen LogP contribution in [0.25, 0.3) is 0 Å². The van der Waals surface area contributed by atoms with Gasteiger partial charge in [-0.05, 0) is 17.7 Å². The van der Waals surface area contributed by atoms with Crippen molar-refractivity contribution in [3.8, 4) is 6.07 Å². The molecule has 30 heavy (non-hydrogen) atoms. The summed E-state index contributed by atoms with van der Waals surface area (Å²) in [6.07, 6.45) is -0.0139. The van der Waals surface area contributed by atoms with E-state index in [9.17, 15) is 25.0 Å². The van der Waals surface area contributed by atoms with Gasteiger partial charge < -0.3 is 10.6 Å². The average Bonchev–Trinajstić information content (AvgIpc) is 2.73. The van der Waals surface area contributed by atoms with E-state index in [1.165, 1.54) is 18.2 Å². The molecule has 0 saturated heterocycles. The summed E-state index contributed by atoms with van der Waals surface area (Å²) in [7, 11) is 0. The molecular weight excluding hydrogens is 428 g/mol. The van der Waals surface area contributed by atoms with Crippen LogP contribution in [0.3, 0.4) is 0 Å². The number of thioether (sulfide) groups is 1. The number of carbonyl (C=O) groups excluding carboxylic acids is 2. The number of nitro groups is 1. The fraction of sp³-hybridized carbons (Fsp3) is 0.150. The summed E-state index contributed by atoms with van der Waals surface area (Å²) in [4.78, 5) is 35.0. The van der Waals surface area contributed by atoms with Crippen LogP contribution in [-0.2, 0) is 9.59 Å². The number of non-ortho nitro benzene ring substituents is 1. The molecule has 0 aliphatic carbocycles. The van der Waals surface area contributed by atoms with Crippen molar-refractivity contribution in [3.63, 3.8) is 0 Å². The molecule has 1 aliphatic rings. The number of allylic oxidation sites excluding steroid dienone is 1. The molecular formula is C20H15ClN4O4S. The number of amides is 2. The van der Waals surface area contributed by atoms with E-state index < -0.39 is 10.8 Å². The topological polar surface area (TPSA) is 125 Å². The number of halogens is 1. The van der Waals surface area contributed by atoms with Crippen LogP contribution in [0.5, 0.6) is 0 Å². The Hall–Kier alpha value is -3.35. The Labute approximate surface area is 181 Å². The standard InChI is InChI=1S/C20H15ClN4O4S/c21-16-6-1-2-7-17(16)23-19(27)11-30-20-15(10-22)14(9-18(26)24-20)12-4-3-5-13(8-12)25(28)29/h1-8,14H,9,11H2,(H,23,27)(H,24,26)/t14-/m1/s1. The highest BCUT2D eigenvalue weighted by atomic mass is 35.5. The van der Waals surface area contributed by atoms with Gasteiger partial charge in [-0.2, -0.15) is 5.26 Å². The van der Waals surface area contributed by atoms with Crippen molar-refractivity contribution in [3.05, 3.63) is 79.8 Å². The first-order chi connectivity index (χ1) is 14.4. The largest absolute Gasteiger partial charge is 0.324 e. The molecule has 2 N–H and O–H groups in total. The predicted molar refractivity (Wildman–Crippen MR) is 114 cm³/mol. The number of rotatable bonds is 6. The number of nitrogens with one attached hydrogen (secondary N) is 2. The van der Waals surface area contributed by atoms with Gasteiger partial charge in [0.2, 0.25) is 11.8 Å².